The highest BCUT2D eigenvalue weighted by Gasteiger charge is 2.28. The van der Waals surface area contributed by atoms with Gasteiger partial charge in [-0.05, 0) is 6.07 Å². The Hall–Kier alpha value is -2.90. The standard InChI is InChI=1S/C16H13F3N4O/c17-16(18,19)11-24-14-4-2-1-3-12(14)10-23-8-7-22-15(23)13-9-20-5-6-21-13/h1-9H,10-11H2. The van der Waals surface area contributed by atoms with E-state index in [1.54, 1.807) is 53.8 Å². The second kappa shape index (κ2) is 6.69. The van der Waals surface area contributed by atoms with Gasteiger partial charge in [0.25, 0.3) is 0 Å². The number of para-hydroxylation sites is 1. The molecule has 0 saturated heterocycles. The van der Waals surface area contributed by atoms with E-state index in [2.05, 4.69) is 15.0 Å². The lowest BCUT2D eigenvalue weighted by Gasteiger charge is -2.14. The number of hydrogen-bond donors (Lipinski definition) is 0. The van der Waals surface area contributed by atoms with Crippen molar-refractivity contribution >= 4 is 0 Å². The van der Waals surface area contributed by atoms with Crippen molar-refractivity contribution in [3.8, 4) is 17.3 Å². The number of rotatable bonds is 5. The molecule has 0 bridgehead atoms. The lowest BCUT2D eigenvalue weighted by Crippen LogP contribution is -2.20. The predicted octanol–water partition coefficient (Wildman–Crippen LogP) is 3.33. The number of aromatic nitrogens is 4. The Morgan fingerprint density at radius 3 is 2.62 bits per heavy atom. The molecule has 3 aromatic rings. The lowest BCUT2D eigenvalue weighted by atomic mass is 10.2. The average molecular weight is 334 g/mol. The Labute approximate surface area is 135 Å². The summed E-state index contributed by atoms with van der Waals surface area (Å²) < 4.78 is 43.8. The van der Waals surface area contributed by atoms with E-state index in [1.807, 2.05) is 0 Å². The van der Waals surface area contributed by atoms with Gasteiger partial charge in [-0.25, -0.2) is 9.97 Å². The Bertz CT molecular complexity index is 802. The molecule has 24 heavy (non-hydrogen) atoms. The lowest BCUT2D eigenvalue weighted by molar-refractivity contribution is -0.153. The molecule has 124 valence electrons. The third-order valence-electron chi connectivity index (χ3n) is 3.21. The Kier molecular flexibility index (Phi) is 4.45. The fourth-order valence-corrected chi connectivity index (χ4v) is 2.20. The minimum Gasteiger partial charge on any atom is -0.484 e. The fraction of sp³-hybridized carbons (Fsp3) is 0.188. The van der Waals surface area contributed by atoms with Crippen LogP contribution in [0.4, 0.5) is 13.2 Å². The van der Waals surface area contributed by atoms with Crippen molar-refractivity contribution in [1.82, 2.24) is 19.5 Å². The topological polar surface area (TPSA) is 52.8 Å². The molecule has 0 fully saturated rings. The maximum atomic E-state index is 12.4. The number of alkyl halides is 3. The summed E-state index contributed by atoms with van der Waals surface area (Å²) in [5.74, 6) is 0.766. The van der Waals surface area contributed by atoms with E-state index in [0.717, 1.165) is 0 Å². The monoisotopic (exact) mass is 334 g/mol. The Morgan fingerprint density at radius 1 is 1.04 bits per heavy atom. The van der Waals surface area contributed by atoms with E-state index in [4.69, 9.17) is 4.74 Å². The molecule has 8 heteroatoms. The van der Waals surface area contributed by atoms with E-state index >= 15 is 0 Å². The number of imidazole rings is 1. The summed E-state index contributed by atoms with van der Waals surface area (Å²) in [4.78, 5) is 12.4. The third kappa shape index (κ3) is 3.89. The zero-order chi connectivity index (χ0) is 17.0. The first-order chi connectivity index (χ1) is 11.5. The highest BCUT2D eigenvalue weighted by Crippen LogP contribution is 2.24. The van der Waals surface area contributed by atoms with Gasteiger partial charge in [0.1, 0.15) is 11.4 Å². The molecule has 0 N–H and O–H groups in total. The average Bonchev–Trinajstić information content (AvgIpc) is 3.02. The minimum atomic E-state index is -4.38. The fourth-order valence-electron chi connectivity index (χ4n) is 2.20. The molecule has 0 saturated carbocycles. The quantitative estimate of drug-likeness (QED) is 0.718. The number of hydrogen-bond acceptors (Lipinski definition) is 4. The molecule has 1 aromatic carbocycles. The number of ether oxygens (including phenoxy) is 1. The van der Waals surface area contributed by atoms with Crippen molar-refractivity contribution in [1.29, 1.82) is 0 Å². The molecule has 0 atom stereocenters. The van der Waals surface area contributed by atoms with Crippen molar-refractivity contribution in [2.45, 2.75) is 12.7 Å². The minimum absolute atomic E-state index is 0.189. The van der Waals surface area contributed by atoms with Gasteiger partial charge in [0.15, 0.2) is 12.4 Å². The van der Waals surface area contributed by atoms with Crippen LogP contribution in [0.1, 0.15) is 5.56 Å². The zero-order valence-electron chi connectivity index (χ0n) is 12.4. The van der Waals surface area contributed by atoms with E-state index < -0.39 is 12.8 Å². The van der Waals surface area contributed by atoms with Crippen LogP contribution in [-0.4, -0.2) is 32.3 Å². The summed E-state index contributed by atoms with van der Waals surface area (Å²) in [5, 5.41) is 0. The number of benzene rings is 1. The summed E-state index contributed by atoms with van der Waals surface area (Å²) in [6, 6.07) is 6.60. The van der Waals surface area contributed by atoms with Gasteiger partial charge in [0.05, 0.1) is 12.7 Å². The van der Waals surface area contributed by atoms with Crippen LogP contribution < -0.4 is 4.74 Å². The maximum absolute atomic E-state index is 12.4. The number of halogens is 3. The van der Waals surface area contributed by atoms with E-state index in [1.165, 1.54) is 6.07 Å². The SMILES string of the molecule is FC(F)(F)COc1ccccc1Cn1ccnc1-c1cnccn1. The van der Waals surface area contributed by atoms with Crippen LogP contribution in [-0.2, 0) is 6.54 Å². The van der Waals surface area contributed by atoms with Gasteiger partial charge < -0.3 is 9.30 Å². The summed E-state index contributed by atoms with van der Waals surface area (Å²) in [5.41, 5.74) is 1.20. The van der Waals surface area contributed by atoms with Gasteiger partial charge in [0.2, 0.25) is 0 Å². The van der Waals surface area contributed by atoms with Gasteiger partial charge in [-0.1, -0.05) is 18.2 Å². The maximum Gasteiger partial charge on any atom is 0.422 e. The smallest absolute Gasteiger partial charge is 0.422 e. The van der Waals surface area contributed by atoms with E-state index in [-0.39, 0.29) is 5.75 Å². The summed E-state index contributed by atoms with van der Waals surface area (Å²) >= 11 is 0. The molecule has 0 amide bonds. The van der Waals surface area contributed by atoms with Crippen LogP contribution in [0.2, 0.25) is 0 Å². The highest BCUT2D eigenvalue weighted by molar-refractivity contribution is 5.48. The van der Waals surface area contributed by atoms with Crippen molar-refractivity contribution in [2.75, 3.05) is 6.61 Å². The molecule has 2 heterocycles. The molecule has 2 aromatic heterocycles. The first-order valence-corrected chi connectivity index (χ1v) is 7.08. The molecule has 0 spiro atoms. The van der Waals surface area contributed by atoms with Crippen molar-refractivity contribution in [3.05, 3.63) is 60.8 Å². The van der Waals surface area contributed by atoms with Gasteiger partial charge in [-0.2, -0.15) is 13.2 Å². The predicted molar refractivity (Wildman–Crippen MR) is 80.3 cm³/mol. The van der Waals surface area contributed by atoms with E-state index in [0.29, 0.717) is 23.6 Å². The van der Waals surface area contributed by atoms with Gasteiger partial charge >= 0.3 is 6.18 Å². The van der Waals surface area contributed by atoms with Crippen molar-refractivity contribution < 1.29 is 17.9 Å². The Balaban J connectivity index is 1.84. The largest absolute Gasteiger partial charge is 0.484 e. The first-order valence-electron chi connectivity index (χ1n) is 7.08. The van der Waals surface area contributed by atoms with Crippen LogP contribution in [0.25, 0.3) is 11.5 Å². The first kappa shape index (κ1) is 16.0. The van der Waals surface area contributed by atoms with Gasteiger partial charge in [0, 0.05) is 30.4 Å². The molecule has 5 nitrogen and oxygen atoms in total. The molecule has 3 rings (SSSR count). The zero-order valence-corrected chi connectivity index (χ0v) is 12.4. The van der Waals surface area contributed by atoms with Gasteiger partial charge in [-0.15, -0.1) is 0 Å². The number of nitrogens with zero attached hydrogens (tertiary/aromatic N) is 4. The van der Waals surface area contributed by atoms with Gasteiger partial charge in [-0.3, -0.25) is 4.98 Å². The Morgan fingerprint density at radius 2 is 1.88 bits per heavy atom. The van der Waals surface area contributed by atoms with Crippen molar-refractivity contribution in [2.24, 2.45) is 0 Å². The molecule has 0 radical (unpaired) electrons. The van der Waals surface area contributed by atoms with Crippen LogP contribution in [0.15, 0.2) is 55.2 Å². The molecule has 0 unspecified atom stereocenters. The molecule has 0 aliphatic rings. The van der Waals surface area contributed by atoms with Crippen LogP contribution in [0.5, 0.6) is 5.75 Å². The summed E-state index contributed by atoms with van der Waals surface area (Å²) in [6.45, 7) is -1.02. The van der Waals surface area contributed by atoms with Crippen LogP contribution >= 0.6 is 0 Å². The summed E-state index contributed by atoms with van der Waals surface area (Å²) in [6.07, 6.45) is 3.62. The van der Waals surface area contributed by atoms with Crippen LogP contribution in [0.3, 0.4) is 0 Å². The normalized spacial score (nSPS) is 11.5. The molecule has 0 aliphatic heterocycles. The van der Waals surface area contributed by atoms with E-state index in [9.17, 15) is 13.2 Å². The molecular weight excluding hydrogens is 321 g/mol. The summed E-state index contributed by atoms with van der Waals surface area (Å²) in [7, 11) is 0. The van der Waals surface area contributed by atoms with Crippen LogP contribution in [0, 0.1) is 0 Å². The third-order valence-corrected chi connectivity index (χ3v) is 3.21. The molecule has 0 aliphatic carbocycles. The highest BCUT2D eigenvalue weighted by atomic mass is 19.4. The molecular formula is C16H13F3N4O. The second-order valence-electron chi connectivity index (χ2n) is 4.98. The second-order valence-corrected chi connectivity index (χ2v) is 4.98. The van der Waals surface area contributed by atoms with Crippen molar-refractivity contribution in [3.63, 3.8) is 0 Å².